The molecule has 1 fully saturated rings. The zero-order chi connectivity index (χ0) is 14.2. The number of pyridine rings is 1. The summed E-state index contributed by atoms with van der Waals surface area (Å²) in [4.78, 5) is 7.77. The Labute approximate surface area is 112 Å². The predicted octanol–water partition coefficient (Wildman–Crippen LogP) is 1.92. The Hall–Kier alpha value is -1.96. The molecule has 3 heterocycles. The average Bonchev–Trinajstić information content (AvgIpc) is 3.09. The maximum absolute atomic E-state index is 13.3. The number of alkyl halides is 3. The number of hydrogen-bond donors (Lipinski definition) is 1. The van der Waals surface area contributed by atoms with Crippen LogP contribution in [0.1, 0.15) is 12.3 Å². The van der Waals surface area contributed by atoms with Crippen LogP contribution in [0.5, 0.6) is 0 Å². The Morgan fingerprint density at radius 1 is 1.25 bits per heavy atom. The van der Waals surface area contributed by atoms with E-state index in [4.69, 9.17) is 4.52 Å². The quantitative estimate of drug-likeness (QED) is 0.912. The molecule has 20 heavy (non-hydrogen) atoms. The molecule has 106 valence electrons. The van der Waals surface area contributed by atoms with Gasteiger partial charge in [-0.25, -0.2) is 0 Å². The maximum Gasteiger partial charge on any atom is 0.404 e. The Balaban J connectivity index is 2.01. The van der Waals surface area contributed by atoms with Crippen LogP contribution < -0.4 is 5.32 Å². The summed E-state index contributed by atoms with van der Waals surface area (Å²) in [6, 6.07) is 3.23. The van der Waals surface area contributed by atoms with E-state index in [1.165, 1.54) is 12.4 Å². The van der Waals surface area contributed by atoms with Crippen LogP contribution in [0.15, 0.2) is 29.0 Å². The highest BCUT2D eigenvalue weighted by Gasteiger charge is 2.61. The lowest BCUT2D eigenvalue weighted by Gasteiger charge is -2.26. The molecular weight excluding hydrogens is 273 g/mol. The molecule has 0 saturated carbocycles. The van der Waals surface area contributed by atoms with Crippen LogP contribution in [0, 0.1) is 0 Å². The van der Waals surface area contributed by atoms with Crippen LogP contribution in [-0.4, -0.2) is 34.4 Å². The predicted molar refractivity (Wildman–Crippen MR) is 62.7 cm³/mol. The minimum Gasteiger partial charge on any atom is -0.338 e. The Bertz CT molecular complexity index is 590. The van der Waals surface area contributed by atoms with Gasteiger partial charge in [0.2, 0.25) is 11.7 Å². The second-order valence-electron chi connectivity index (χ2n) is 4.67. The van der Waals surface area contributed by atoms with Gasteiger partial charge in [0.1, 0.15) is 0 Å². The first-order valence-corrected chi connectivity index (χ1v) is 6.05. The van der Waals surface area contributed by atoms with Crippen LogP contribution in [0.2, 0.25) is 0 Å². The summed E-state index contributed by atoms with van der Waals surface area (Å²) in [5.41, 5.74) is -1.52. The van der Waals surface area contributed by atoms with Crippen molar-refractivity contribution in [3.8, 4) is 11.4 Å². The van der Waals surface area contributed by atoms with E-state index in [1.54, 1.807) is 12.1 Å². The van der Waals surface area contributed by atoms with Crippen molar-refractivity contribution < 1.29 is 17.7 Å². The van der Waals surface area contributed by atoms with Crippen molar-refractivity contribution in [3.63, 3.8) is 0 Å². The van der Waals surface area contributed by atoms with Crippen LogP contribution in [0.25, 0.3) is 11.4 Å². The Morgan fingerprint density at radius 3 is 2.60 bits per heavy atom. The van der Waals surface area contributed by atoms with Crippen molar-refractivity contribution in [1.29, 1.82) is 0 Å². The van der Waals surface area contributed by atoms with E-state index in [0.29, 0.717) is 5.56 Å². The fraction of sp³-hybridized carbons (Fsp3) is 0.417. The SMILES string of the molecule is FC(F)(F)[C@@]1(c2nc(-c3ccncc3)no2)CCNC1. The summed E-state index contributed by atoms with van der Waals surface area (Å²) in [5, 5.41) is 6.36. The number of nitrogens with zero attached hydrogens (tertiary/aromatic N) is 3. The Kier molecular flexibility index (Phi) is 2.97. The van der Waals surface area contributed by atoms with Gasteiger partial charge in [0.05, 0.1) is 0 Å². The molecular formula is C12H11F3N4O. The van der Waals surface area contributed by atoms with Gasteiger partial charge in [-0.1, -0.05) is 5.16 Å². The first kappa shape index (κ1) is 13.0. The summed E-state index contributed by atoms with van der Waals surface area (Å²) >= 11 is 0. The van der Waals surface area contributed by atoms with Gasteiger partial charge in [-0.15, -0.1) is 0 Å². The van der Waals surface area contributed by atoms with Crippen molar-refractivity contribution >= 4 is 0 Å². The van der Waals surface area contributed by atoms with Gasteiger partial charge in [-0.3, -0.25) is 4.98 Å². The number of nitrogens with one attached hydrogen (secondary N) is 1. The van der Waals surface area contributed by atoms with Gasteiger partial charge in [0, 0.05) is 24.5 Å². The van der Waals surface area contributed by atoms with Crippen molar-refractivity contribution in [2.75, 3.05) is 13.1 Å². The molecule has 0 amide bonds. The third kappa shape index (κ3) is 1.96. The smallest absolute Gasteiger partial charge is 0.338 e. The zero-order valence-electron chi connectivity index (χ0n) is 10.3. The number of halogens is 3. The third-order valence-electron chi connectivity index (χ3n) is 3.47. The summed E-state index contributed by atoms with van der Waals surface area (Å²) in [7, 11) is 0. The van der Waals surface area contributed by atoms with Gasteiger partial charge < -0.3 is 9.84 Å². The van der Waals surface area contributed by atoms with Crippen molar-refractivity contribution in [1.82, 2.24) is 20.4 Å². The molecule has 1 aliphatic heterocycles. The van der Waals surface area contributed by atoms with E-state index in [0.717, 1.165) is 0 Å². The fourth-order valence-corrected chi connectivity index (χ4v) is 2.27. The van der Waals surface area contributed by atoms with Gasteiger partial charge in [-0.05, 0) is 25.1 Å². The molecule has 1 N–H and O–H groups in total. The molecule has 3 rings (SSSR count). The van der Waals surface area contributed by atoms with Crippen LogP contribution in [0.4, 0.5) is 13.2 Å². The Morgan fingerprint density at radius 2 is 2.00 bits per heavy atom. The summed E-state index contributed by atoms with van der Waals surface area (Å²) in [5.74, 6) is -0.250. The van der Waals surface area contributed by atoms with Gasteiger partial charge in [-0.2, -0.15) is 18.2 Å². The molecule has 2 aromatic heterocycles. The zero-order valence-corrected chi connectivity index (χ0v) is 10.3. The average molecular weight is 284 g/mol. The molecule has 1 aliphatic rings. The first-order chi connectivity index (χ1) is 9.53. The molecule has 1 saturated heterocycles. The van der Waals surface area contributed by atoms with E-state index in [1.807, 2.05) is 0 Å². The van der Waals surface area contributed by atoms with Gasteiger partial charge in [0.25, 0.3) is 0 Å². The lowest BCUT2D eigenvalue weighted by atomic mass is 9.86. The molecule has 0 bridgehead atoms. The standard InChI is InChI=1S/C12H11F3N4O/c13-12(14,15)11(3-6-17-7-11)10-18-9(19-20-10)8-1-4-16-5-2-8/h1-2,4-5,17H,3,6-7H2/t11-/m0/s1. The minimum absolute atomic E-state index is 0.103. The fourth-order valence-electron chi connectivity index (χ4n) is 2.27. The van der Waals surface area contributed by atoms with E-state index in [-0.39, 0.29) is 31.2 Å². The monoisotopic (exact) mass is 284 g/mol. The number of rotatable bonds is 2. The molecule has 8 heteroatoms. The molecule has 0 spiro atoms. The summed E-state index contributed by atoms with van der Waals surface area (Å²) in [6.45, 7) is 0.0287. The molecule has 0 radical (unpaired) electrons. The molecule has 2 aromatic rings. The summed E-state index contributed by atoms with van der Waals surface area (Å²) < 4.78 is 44.9. The largest absolute Gasteiger partial charge is 0.404 e. The lowest BCUT2D eigenvalue weighted by molar-refractivity contribution is -0.191. The van der Waals surface area contributed by atoms with Crippen LogP contribution in [-0.2, 0) is 5.41 Å². The second-order valence-corrected chi connectivity index (χ2v) is 4.67. The van der Waals surface area contributed by atoms with E-state index in [9.17, 15) is 13.2 Å². The number of hydrogen-bond acceptors (Lipinski definition) is 5. The highest BCUT2D eigenvalue weighted by Crippen LogP contribution is 2.44. The molecule has 5 nitrogen and oxygen atoms in total. The van der Waals surface area contributed by atoms with Crippen LogP contribution in [0.3, 0.4) is 0 Å². The maximum atomic E-state index is 13.3. The van der Waals surface area contributed by atoms with Crippen molar-refractivity contribution in [3.05, 3.63) is 30.4 Å². The van der Waals surface area contributed by atoms with Gasteiger partial charge in [0.15, 0.2) is 5.41 Å². The third-order valence-corrected chi connectivity index (χ3v) is 3.47. The van der Waals surface area contributed by atoms with Crippen molar-refractivity contribution in [2.45, 2.75) is 18.0 Å². The van der Waals surface area contributed by atoms with Gasteiger partial charge >= 0.3 is 6.18 Å². The lowest BCUT2D eigenvalue weighted by Crippen LogP contribution is -2.44. The number of aromatic nitrogens is 3. The highest BCUT2D eigenvalue weighted by molar-refractivity contribution is 5.52. The minimum atomic E-state index is -4.43. The molecule has 0 aliphatic carbocycles. The molecule has 0 aromatic carbocycles. The summed E-state index contributed by atoms with van der Waals surface area (Å²) in [6.07, 6.45) is -1.50. The van der Waals surface area contributed by atoms with E-state index < -0.39 is 11.6 Å². The highest BCUT2D eigenvalue weighted by atomic mass is 19.4. The molecule has 1 atom stereocenters. The first-order valence-electron chi connectivity index (χ1n) is 6.05. The van der Waals surface area contributed by atoms with E-state index >= 15 is 0 Å². The van der Waals surface area contributed by atoms with Crippen molar-refractivity contribution in [2.24, 2.45) is 0 Å². The topological polar surface area (TPSA) is 63.8 Å². The second kappa shape index (κ2) is 4.55. The van der Waals surface area contributed by atoms with E-state index in [2.05, 4.69) is 20.4 Å². The van der Waals surface area contributed by atoms with Crippen LogP contribution >= 0.6 is 0 Å². The molecule has 0 unspecified atom stereocenters. The normalized spacial score (nSPS) is 23.1.